The van der Waals surface area contributed by atoms with E-state index in [4.69, 9.17) is 0 Å². The second-order valence-corrected chi connectivity index (χ2v) is 7.06. The second-order valence-electron chi connectivity index (χ2n) is 7.06. The molecule has 2 N–H and O–H groups in total. The van der Waals surface area contributed by atoms with Gasteiger partial charge in [0.1, 0.15) is 0 Å². The number of hydrogen-bond donors (Lipinski definition) is 2. The van der Waals surface area contributed by atoms with Gasteiger partial charge in [-0.3, -0.25) is 9.59 Å². The minimum Gasteiger partial charge on any atom is -0.465 e. The van der Waals surface area contributed by atoms with Crippen molar-refractivity contribution in [2.75, 3.05) is 27.3 Å². The van der Waals surface area contributed by atoms with E-state index in [1.807, 2.05) is 0 Å². The van der Waals surface area contributed by atoms with Crippen molar-refractivity contribution in [2.45, 2.75) is 25.7 Å². The lowest BCUT2D eigenvalue weighted by atomic mass is 10.1. The van der Waals surface area contributed by atoms with Gasteiger partial charge in [-0.15, -0.1) is 0 Å². The first-order valence-electron chi connectivity index (χ1n) is 10.4. The van der Waals surface area contributed by atoms with E-state index in [2.05, 4.69) is 20.1 Å². The molecule has 0 radical (unpaired) electrons. The van der Waals surface area contributed by atoms with Crippen LogP contribution in [0, 0.1) is 0 Å². The van der Waals surface area contributed by atoms with Gasteiger partial charge in [-0.2, -0.15) is 0 Å². The van der Waals surface area contributed by atoms with Gasteiger partial charge in [0, 0.05) is 24.2 Å². The van der Waals surface area contributed by atoms with E-state index >= 15 is 0 Å². The fourth-order valence-electron chi connectivity index (χ4n) is 2.96. The summed E-state index contributed by atoms with van der Waals surface area (Å²) in [6, 6.07) is 12.6. The highest BCUT2D eigenvalue weighted by atomic mass is 16.5. The maximum absolute atomic E-state index is 12.1. The number of amides is 2. The number of methoxy groups -OCH3 is 2. The largest absolute Gasteiger partial charge is 0.465 e. The summed E-state index contributed by atoms with van der Waals surface area (Å²) in [6.07, 6.45) is 3.50. The van der Waals surface area contributed by atoms with Crippen molar-refractivity contribution < 1.29 is 28.7 Å². The topological polar surface area (TPSA) is 111 Å². The number of unbranched alkanes of at least 4 members (excludes halogenated alkanes) is 3. The first kappa shape index (κ1) is 24.6. The van der Waals surface area contributed by atoms with Crippen LogP contribution in [0.25, 0.3) is 0 Å². The van der Waals surface area contributed by atoms with Gasteiger partial charge in [0.25, 0.3) is 11.8 Å². The van der Waals surface area contributed by atoms with Crippen molar-refractivity contribution in [3.05, 3.63) is 70.8 Å². The van der Waals surface area contributed by atoms with Crippen LogP contribution in [0.5, 0.6) is 0 Å². The van der Waals surface area contributed by atoms with Crippen LogP contribution >= 0.6 is 0 Å². The van der Waals surface area contributed by atoms with Gasteiger partial charge in [0.15, 0.2) is 0 Å². The number of benzene rings is 2. The fraction of sp³-hybridized carbons (Fsp3) is 0.333. The molecule has 2 amide bonds. The minimum atomic E-state index is -0.440. The molecule has 0 atom stereocenters. The van der Waals surface area contributed by atoms with Gasteiger partial charge in [0.2, 0.25) is 0 Å². The standard InChI is InChI=1S/C24H28N2O6/c1-31-23(29)19-11-7-17(8-12-19)21(27)25-15-5-3-4-6-16-26-22(28)18-9-13-20(14-10-18)24(30)32-2/h7-14H,3-6,15-16H2,1-2H3,(H,25,27)(H,26,28). The molecule has 0 fully saturated rings. The zero-order valence-corrected chi connectivity index (χ0v) is 18.3. The van der Waals surface area contributed by atoms with Gasteiger partial charge >= 0.3 is 11.9 Å². The number of carbonyl (C=O) groups excluding carboxylic acids is 4. The SMILES string of the molecule is COC(=O)c1ccc(C(=O)NCCCCCCNC(=O)c2ccc(C(=O)OC)cc2)cc1. The Bertz CT molecular complexity index is 845. The highest BCUT2D eigenvalue weighted by Gasteiger charge is 2.09. The minimum absolute atomic E-state index is 0.188. The predicted octanol–water partition coefficient (Wildman–Crippen LogP) is 2.98. The molecule has 32 heavy (non-hydrogen) atoms. The summed E-state index contributed by atoms with van der Waals surface area (Å²) in [7, 11) is 2.62. The van der Waals surface area contributed by atoms with Crippen LogP contribution < -0.4 is 10.6 Å². The lowest BCUT2D eigenvalue weighted by molar-refractivity contribution is 0.0592. The highest BCUT2D eigenvalue weighted by Crippen LogP contribution is 2.07. The van der Waals surface area contributed by atoms with Crippen LogP contribution in [-0.2, 0) is 9.47 Å². The number of ether oxygens (including phenoxy) is 2. The Kier molecular flexibility index (Phi) is 9.90. The van der Waals surface area contributed by atoms with E-state index in [-0.39, 0.29) is 11.8 Å². The third-order valence-corrected chi connectivity index (χ3v) is 4.81. The van der Waals surface area contributed by atoms with Crippen molar-refractivity contribution in [1.29, 1.82) is 0 Å². The molecule has 2 rings (SSSR count). The Morgan fingerprint density at radius 1 is 0.562 bits per heavy atom. The number of esters is 2. The lowest BCUT2D eigenvalue weighted by Gasteiger charge is -2.07. The fourth-order valence-corrected chi connectivity index (χ4v) is 2.96. The zero-order valence-electron chi connectivity index (χ0n) is 18.3. The van der Waals surface area contributed by atoms with Gasteiger partial charge in [-0.25, -0.2) is 9.59 Å². The van der Waals surface area contributed by atoms with Crippen LogP contribution in [0.2, 0.25) is 0 Å². The van der Waals surface area contributed by atoms with Gasteiger partial charge in [0.05, 0.1) is 25.3 Å². The molecule has 2 aromatic rings. The van der Waals surface area contributed by atoms with Crippen LogP contribution in [-0.4, -0.2) is 51.1 Å². The molecule has 0 spiro atoms. The normalized spacial score (nSPS) is 10.2. The van der Waals surface area contributed by atoms with Crippen molar-refractivity contribution in [1.82, 2.24) is 10.6 Å². The summed E-state index contributed by atoms with van der Waals surface area (Å²) < 4.78 is 9.26. The van der Waals surface area contributed by atoms with Crippen molar-refractivity contribution >= 4 is 23.8 Å². The van der Waals surface area contributed by atoms with E-state index in [9.17, 15) is 19.2 Å². The molecule has 0 aromatic heterocycles. The van der Waals surface area contributed by atoms with Gasteiger partial charge < -0.3 is 20.1 Å². The van der Waals surface area contributed by atoms with Crippen LogP contribution in [0.3, 0.4) is 0 Å². The summed E-state index contributed by atoms with van der Waals surface area (Å²) in [5.41, 5.74) is 1.77. The summed E-state index contributed by atoms with van der Waals surface area (Å²) in [5, 5.41) is 5.70. The molecule has 2 aromatic carbocycles. The molecule has 170 valence electrons. The molecule has 8 nitrogen and oxygen atoms in total. The Morgan fingerprint density at radius 3 is 1.19 bits per heavy atom. The van der Waals surface area contributed by atoms with Crippen molar-refractivity contribution in [3.8, 4) is 0 Å². The molecule has 0 aliphatic carbocycles. The van der Waals surface area contributed by atoms with Crippen LogP contribution in [0.1, 0.15) is 67.1 Å². The molecule has 0 saturated carbocycles. The maximum Gasteiger partial charge on any atom is 0.337 e. The molecular weight excluding hydrogens is 412 g/mol. The van der Waals surface area contributed by atoms with E-state index in [0.717, 1.165) is 25.7 Å². The first-order chi connectivity index (χ1) is 15.5. The third kappa shape index (κ3) is 7.54. The Morgan fingerprint density at radius 2 is 0.875 bits per heavy atom. The van der Waals surface area contributed by atoms with Gasteiger partial charge in [-0.05, 0) is 61.4 Å². The quantitative estimate of drug-likeness (QED) is 0.411. The van der Waals surface area contributed by atoms with Crippen molar-refractivity contribution in [2.24, 2.45) is 0 Å². The first-order valence-corrected chi connectivity index (χ1v) is 10.4. The molecule has 0 aliphatic heterocycles. The Balaban J connectivity index is 1.57. The average molecular weight is 440 g/mol. The molecular formula is C24H28N2O6. The third-order valence-electron chi connectivity index (χ3n) is 4.81. The van der Waals surface area contributed by atoms with E-state index < -0.39 is 11.9 Å². The molecule has 8 heteroatoms. The van der Waals surface area contributed by atoms with E-state index in [1.165, 1.54) is 14.2 Å². The zero-order chi connectivity index (χ0) is 23.3. The molecule has 0 heterocycles. The summed E-state index contributed by atoms with van der Waals surface area (Å²) in [6.45, 7) is 1.10. The maximum atomic E-state index is 12.1. The Hall–Kier alpha value is -3.68. The number of nitrogens with one attached hydrogen (secondary N) is 2. The molecule has 0 saturated heterocycles. The van der Waals surface area contributed by atoms with Crippen molar-refractivity contribution in [3.63, 3.8) is 0 Å². The molecule has 0 bridgehead atoms. The lowest BCUT2D eigenvalue weighted by Crippen LogP contribution is -2.25. The number of rotatable bonds is 11. The Labute approximate surface area is 187 Å². The average Bonchev–Trinajstić information content (AvgIpc) is 2.84. The number of carbonyl (C=O) groups is 4. The predicted molar refractivity (Wildman–Crippen MR) is 119 cm³/mol. The second kappa shape index (κ2) is 12.9. The molecule has 0 unspecified atom stereocenters. The van der Waals surface area contributed by atoms with Crippen LogP contribution in [0.4, 0.5) is 0 Å². The molecule has 0 aliphatic rings. The van der Waals surface area contributed by atoms with Crippen LogP contribution in [0.15, 0.2) is 48.5 Å². The van der Waals surface area contributed by atoms with Gasteiger partial charge in [-0.1, -0.05) is 12.8 Å². The number of hydrogen-bond acceptors (Lipinski definition) is 6. The summed E-state index contributed by atoms with van der Waals surface area (Å²) in [5.74, 6) is -1.26. The smallest absolute Gasteiger partial charge is 0.337 e. The summed E-state index contributed by atoms with van der Waals surface area (Å²) >= 11 is 0. The van der Waals surface area contributed by atoms with E-state index in [0.29, 0.717) is 35.3 Å². The highest BCUT2D eigenvalue weighted by molar-refractivity contribution is 5.96. The monoisotopic (exact) mass is 440 g/mol. The van der Waals surface area contributed by atoms with E-state index in [1.54, 1.807) is 48.5 Å². The summed E-state index contributed by atoms with van der Waals surface area (Å²) in [4.78, 5) is 47.0.